The highest BCUT2D eigenvalue weighted by molar-refractivity contribution is 5.94. The number of oxazole rings is 1. The summed E-state index contributed by atoms with van der Waals surface area (Å²) >= 11 is 0. The van der Waals surface area contributed by atoms with Gasteiger partial charge in [0.05, 0.1) is 12.5 Å². The third-order valence-corrected chi connectivity index (χ3v) is 4.05. The standard InChI is InChI=1S/C18H15FN2O3/c19-13-3-1-11(2-4-13)18-21-15-6-5-14(9-16(15)24-18)20-17(22)12-7-8-23-10-12/h1-6,9,12H,7-8,10H2,(H,20,22). The first-order chi connectivity index (χ1) is 11.7. The van der Waals surface area contributed by atoms with Crippen molar-refractivity contribution in [1.29, 1.82) is 0 Å². The molecule has 5 nitrogen and oxygen atoms in total. The van der Waals surface area contributed by atoms with Gasteiger partial charge in [-0.3, -0.25) is 4.79 Å². The maximum atomic E-state index is 13.0. The number of amides is 1. The molecular formula is C18H15FN2O3. The van der Waals surface area contributed by atoms with E-state index in [9.17, 15) is 9.18 Å². The zero-order chi connectivity index (χ0) is 16.5. The third kappa shape index (κ3) is 2.88. The summed E-state index contributed by atoms with van der Waals surface area (Å²) in [7, 11) is 0. The van der Waals surface area contributed by atoms with E-state index in [4.69, 9.17) is 9.15 Å². The van der Waals surface area contributed by atoms with Gasteiger partial charge >= 0.3 is 0 Å². The van der Waals surface area contributed by atoms with Crippen molar-refractivity contribution in [2.45, 2.75) is 6.42 Å². The molecule has 0 radical (unpaired) electrons. The number of halogens is 1. The number of aromatic nitrogens is 1. The molecule has 1 amide bonds. The summed E-state index contributed by atoms with van der Waals surface area (Å²) in [6.07, 6.45) is 0.741. The van der Waals surface area contributed by atoms with Crippen LogP contribution >= 0.6 is 0 Å². The summed E-state index contributed by atoms with van der Waals surface area (Å²) < 4.78 is 24.0. The monoisotopic (exact) mass is 326 g/mol. The van der Waals surface area contributed by atoms with E-state index < -0.39 is 0 Å². The molecule has 1 aliphatic heterocycles. The summed E-state index contributed by atoms with van der Waals surface area (Å²) in [4.78, 5) is 16.5. The molecule has 2 aromatic carbocycles. The Labute approximate surface area is 137 Å². The first kappa shape index (κ1) is 14.8. The van der Waals surface area contributed by atoms with E-state index >= 15 is 0 Å². The maximum absolute atomic E-state index is 13.0. The highest BCUT2D eigenvalue weighted by atomic mass is 19.1. The average Bonchev–Trinajstić information content (AvgIpc) is 3.24. The minimum absolute atomic E-state index is 0.0508. The van der Waals surface area contributed by atoms with Gasteiger partial charge in [-0.25, -0.2) is 9.37 Å². The summed E-state index contributed by atoms with van der Waals surface area (Å²) in [5.41, 5.74) is 2.59. The molecule has 24 heavy (non-hydrogen) atoms. The Bertz CT molecular complexity index is 883. The first-order valence-electron chi connectivity index (χ1n) is 7.74. The van der Waals surface area contributed by atoms with Crippen LogP contribution in [0.5, 0.6) is 0 Å². The first-order valence-corrected chi connectivity index (χ1v) is 7.74. The Morgan fingerprint density at radius 2 is 2.04 bits per heavy atom. The second-order valence-corrected chi connectivity index (χ2v) is 5.76. The number of hydrogen-bond acceptors (Lipinski definition) is 4. The van der Waals surface area contributed by atoms with Crippen molar-refractivity contribution in [2.75, 3.05) is 18.5 Å². The van der Waals surface area contributed by atoms with Gasteiger partial charge in [0.1, 0.15) is 11.3 Å². The Morgan fingerprint density at radius 3 is 2.79 bits per heavy atom. The fraction of sp³-hybridized carbons (Fsp3) is 0.222. The predicted octanol–water partition coefficient (Wildman–Crippen LogP) is 3.61. The number of carbonyl (C=O) groups is 1. The number of carbonyl (C=O) groups excluding carboxylic acids is 1. The van der Waals surface area contributed by atoms with Crippen molar-refractivity contribution < 1.29 is 18.3 Å². The summed E-state index contributed by atoms with van der Waals surface area (Å²) in [5, 5.41) is 2.88. The predicted molar refractivity (Wildman–Crippen MR) is 87.0 cm³/mol. The van der Waals surface area contributed by atoms with Crippen LogP contribution in [-0.2, 0) is 9.53 Å². The lowest BCUT2D eigenvalue weighted by Gasteiger charge is -2.08. The fourth-order valence-electron chi connectivity index (χ4n) is 2.70. The quantitative estimate of drug-likeness (QED) is 0.798. The number of anilines is 1. The second kappa shape index (κ2) is 6.05. The Morgan fingerprint density at radius 1 is 1.21 bits per heavy atom. The zero-order valence-corrected chi connectivity index (χ0v) is 12.8. The van der Waals surface area contributed by atoms with Crippen molar-refractivity contribution in [2.24, 2.45) is 5.92 Å². The minimum Gasteiger partial charge on any atom is -0.436 e. The van der Waals surface area contributed by atoms with Crippen LogP contribution in [0.25, 0.3) is 22.6 Å². The molecule has 1 N–H and O–H groups in total. The van der Waals surface area contributed by atoms with Crippen LogP contribution in [-0.4, -0.2) is 24.1 Å². The van der Waals surface area contributed by atoms with Crippen LogP contribution in [0.4, 0.5) is 10.1 Å². The fourth-order valence-corrected chi connectivity index (χ4v) is 2.70. The molecular weight excluding hydrogens is 311 g/mol. The lowest BCUT2D eigenvalue weighted by Crippen LogP contribution is -2.22. The highest BCUT2D eigenvalue weighted by Crippen LogP contribution is 2.27. The van der Waals surface area contributed by atoms with Crippen molar-refractivity contribution in [3.8, 4) is 11.5 Å². The van der Waals surface area contributed by atoms with Gasteiger partial charge in [-0.15, -0.1) is 0 Å². The molecule has 6 heteroatoms. The summed E-state index contributed by atoms with van der Waals surface area (Å²) in [6.45, 7) is 1.09. The second-order valence-electron chi connectivity index (χ2n) is 5.76. The van der Waals surface area contributed by atoms with Crippen molar-refractivity contribution >= 4 is 22.7 Å². The van der Waals surface area contributed by atoms with E-state index in [0.717, 1.165) is 6.42 Å². The van der Waals surface area contributed by atoms with Gasteiger partial charge in [0.2, 0.25) is 11.8 Å². The molecule has 4 rings (SSSR count). The number of rotatable bonds is 3. The molecule has 0 spiro atoms. The van der Waals surface area contributed by atoms with Gasteiger partial charge in [-0.1, -0.05) is 0 Å². The minimum atomic E-state index is -0.309. The molecule has 1 saturated heterocycles. The topological polar surface area (TPSA) is 64.4 Å². The van der Waals surface area contributed by atoms with Gasteiger partial charge in [0.15, 0.2) is 5.58 Å². The molecule has 0 saturated carbocycles. The Kier molecular flexibility index (Phi) is 3.74. The van der Waals surface area contributed by atoms with E-state index in [1.165, 1.54) is 12.1 Å². The average molecular weight is 326 g/mol. The van der Waals surface area contributed by atoms with E-state index in [1.54, 1.807) is 30.3 Å². The number of ether oxygens (including phenoxy) is 1. The number of nitrogens with one attached hydrogen (secondary N) is 1. The summed E-state index contributed by atoms with van der Waals surface area (Å²) in [6, 6.07) is 11.3. The van der Waals surface area contributed by atoms with Crippen molar-refractivity contribution in [1.82, 2.24) is 4.98 Å². The van der Waals surface area contributed by atoms with Gasteiger partial charge in [0.25, 0.3) is 0 Å². The number of benzene rings is 2. The van der Waals surface area contributed by atoms with E-state index in [-0.39, 0.29) is 17.6 Å². The van der Waals surface area contributed by atoms with Crippen LogP contribution in [0, 0.1) is 11.7 Å². The molecule has 122 valence electrons. The Balaban J connectivity index is 1.58. The largest absolute Gasteiger partial charge is 0.436 e. The smallest absolute Gasteiger partial charge is 0.229 e. The van der Waals surface area contributed by atoms with Crippen LogP contribution in [0.1, 0.15) is 6.42 Å². The van der Waals surface area contributed by atoms with E-state index in [0.29, 0.717) is 41.5 Å². The van der Waals surface area contributed by atoms with Gasteiger partial charge in [0, 0.05) is 23.9 Å². The molecule has 1 atom stereocenters. The van der Waals surface area contributed by atoms with Crippen molar-refractivity contribution in [3.05, 3.63) is 48.3 Å². The molecule has 1 unspecified atom stereocenters. The normalized spacial score (nSPS) is 17.3. The SMILES string of the molecule is O=C(Nc1ccc2nc(-c3ccc(F)cc3)oc2c1)C1CCOC1. The van der Waals surface area contributed by atoms with Crippen LogP contribution in [0.15, 0.2) is 46.9 Å². The molecule has 0 bridgehead atoms. The number of nitrogens with zero attached hydrogens (tertiary/aromatic N) is 1. The Hall–Kier alpha value is -2.73. The van der Waals surface area contributed by atoms with Crippen molar-refractivity contribution in [3.63, 3.8) is 0 Å². The van der Waals surface area contributed by atoms with Crippen LogP contribution in [0.3, 0.4) is 0 Å². The lowest BCUT2D eigenvalue weighted by atomic mass is 10.1. The molecule has 1 fully saturated rings. The summed E-state index contributed by atoms with van der Waals surface area (Å²) in [5.74, 6) is -0.0521. The molecule has 3 aromatic rings. The third-order valence-electron chi connectivity index (χ3n) is 4.05. The lowest BCUT2D eigenvalue weighted by molar-refractivity contribution is -0.119. The number of hydrogen-bond donors (Lipinski definition) is 1. The zero-order valence-electron chi connectivity index (χ0n) is 12.8. The van der Waals surface area contributed by atoms with Crippen LogP contribution < -0.4 is 5.32 Å². The van der Waals surface area contributed by atoms with Gasteiger partial charge < -0.3 is 14.5 Å². The molecule has 2 heterocycles. The maximum Gasteiger partial charge on any atom is 0.229 e. The molecule has 0 aliphatic carbocycles. The molecule has 1 aromatic heterocycles. The van der Waals surface area contributed by atoms with E-state index in [2.05, 4.69) is 10.3 Å². The number of fused-ring (bicyclic) bond motifs is 1. The van der Waals surface area contributed by atoms with Gasteiger partial charge in [-0.05, 0) is 42.8 Å². The van der Waals surface area contributed by atoms with E-state index in [1.807, 2.05) is 0 Å². The van der Waals surface area contributed by atoms with Crippen LogP contribution in [0.2, 0.25) is 0 Å². The highest BCUT2D eigenvalue weighted by Gasteiger charge is 2.23. The molecule has 1 aliphatic rings. The van der Waals surface area contributed by atoms with Gasteiger partial charge in [-0.2, -0.15) is 0 Å².